The average molecular weight is 338 g/mol. The highest BCUT2D eigenvalue weighted by Crippen LogP contribution is 2.34. The molecule has 6 nitrogen and oxygen atoms in total. The van der Waals surface area contributed by atoms with Crippen LogP contribution in [0.5, 0.6) is 0 Å². The molecular formula is C16H22N2O4S. The van der Waals surface area contributed by atoms with Crippen molar-refractivity contribution in [3.05, 3.63) is 17.7 Å². The van der Waals surface area contributed by atoms with E-state index >= 15 is 0 Å². The number of hydrogen-bond donors (Lipinski definition) is 1. The van der Waals surface area contributed by atoms with Gasteiger partial charge in [-0.1, -0.05) is 0 Å². The maximum absolute atomic E-state index is 12.5. The largest absolute Gasteiger partial charge is 0.456 e. The van der Waals surface area contributed by atoms with Crippen LogP contribution in [0.4, 0.5) is 5.82 Å². The summed E-state index contributed by atoms with van der Waals surface area (Å²) in [4.78, 5) is 16.5. The number of aromatic nitrogens is 1. The third kappa shape index (κ3) is 4.02. The number of ether oxygens (including phenoxy) is 1. The number of pyridine rings is 1. The number of anilines is 1. The van der Waals surface area contributed by atoms with Gasteiger partial charge in [-0.15, -0.1) is 0 Å². The Morgan fingerprint density at radius 3 is 2.39 bits per heavy atom. The molecule has 0 radical (unpaired) electrons. The molecule has 1 heterocycles. The van der Waals surface area contributed by atoms with Gasteiger partial charge in [0.2, 0.25) is 0 Å². The molecule has 0 unspecified atom stereocenters. The summed E-state index contributed by atoms with van der Waals surface area (Å²) in [7, 11) is -3.46. The number of esters is 1. The standard InChI is InChI=1S/C16H22N2O4S/c1-16(2,3)22-15(19)10-8-13(17-11-4-5-11)18-14(9-10)23(20,21)12-6-7-12/h8-9,11-12H,4-7H2,1-3H3,(H,17,18). The zero-order valence-electron chi connectivity index (χ0n) is 13.6. The summed E-state index contributed by atoms with van der Waals surface area (Å²) in [6.07, 6.45) is 3.38. The van der Waals surface area contributed by atoms with Crippen molar-refractivity contribution in [1.82, 2.24) is 4.98 Å². The minimum atomic E-state index is -3.46. The zero-order chi connectivity index (χ0) is 16.8. The van der Waals surface area contributed by atoms with Crippen LogP contribution < -0.4 is 5.32 Å². The number of hydrogen-bond acceptors (Lipinski definition) is 6. The van der Waals surface area contributed by atoms with Gasteiger partial charge in [0.15, 0.2) is 14.9 Å². The summed E-state index contributed by atoms with van der Waals surface area (Å²) < 4.78 is 30.3. The van der Waals surface area contributed by atoms with Crippen LogP contribution in [0.25, 0.3) is 0 Å². The normalized spacial score (nSPS) is 18.6. The molecule has 0 aliphatic heterocycles. The molecule has 0 bridgehead atoms. The maximum atomic E-state index is 12.5. The topological polar surface area (TPSA) is 85.4 Å². The first-order valence-corrected chi connectivity index (χ1v) is 9.46. The lowest BCUT2D eigenvalue weighted by Gasteiger charge is -2.20. The first-order chi connectivity index (χ1) is 10.6. The highest BCUT2D eigenvalue weighted by atomic mass is 32.2. The number of rotatable bonds is 5. The van der Waals surface area contributed by atoms with E-state index in [4.69, 9.17) is 4.74 Å². The van der Waals surface area contributed by atoms with Crippen LogP contribution in [0.1, 0.15) is 56.8 Å². The van der Waals surface area contributed by atoms with E-state index in [1.165, 1.54) is 6.07 Å². The fourth-order valence-electron chi connectivity index (χ4n) is 2.17. The molecule has 0 aromatic carbocycles. The highest BCUT2D eigenvalue weighted by Gasteiger charge is 2.38. The molecule has 0 amide bonds. The summed E-state index contributed by atoms with van der Waals surface area (Å²) in [5, 5.41) is 2.76. The molecule has 1 aromatic rings. The van der Waals surface area contributed by atoms with Gasteiger partial charge in [0, 0.05) is 6.04 Å². The quantitative estimate of drug-likeness (QED) is 0.831. The zero-order valence-corrected chi connectivity index (χ0v) is 14.4. The van der Waals surface area contributed by atoms with E-state index in [-0.39, 0.29) is 15.8 Å². The van der Waals surface area contributed by atoms with Crippen molar-refractivity contribution < 1.29 is 17.9 Å². The molecule has 2 aliphatic carbocycles. The smallest absolute Gasteiger partial charge is 0.338 e. The van der Waals surface area contributed by atoms with Crippen molar-refractivity contribution >= 4 is 21.6 Å². The summed E-state index contributed by atoms with van der Waals surface area (Å²) >= 11 is 0. The first-order valence-electron chi connectivity index (χ1n) is 7.91. The lowest BCUT2D eigenvalue weighted by molar-refractivity contribution is 0.00691. The average Bonchev–Trinajstić information content (AvgIpc) is 3.29. The molecule has 0 atom stereocenters. The SMILES string of the molecule is CC(C)(C)OC(=O)c1cc(NC2CC2)nc(S(=O)(=O)C2CC2)c1. The van der Waals surface area contributed by atoms with E-state index in [0.717, 1.165) is 12.8 Å². The Kier molecular flexibility index (Phi) is 3.86. The number of carbonyl (C=O) groups is 1. The summed E-state index contributed by atoms with van der Waals surface area (Å²) in [6.45, 7) is 5.33. The molecule has 1 N–H and O–H groups in total. The molecule has 1 aromatic heterocycles. The van der Waals surface area contributed by atoms with Gasteiger partial charge in [0.05, 0.1) is 10.8 Å². The van der Waals surface area contributed by atoms with Crippen molar-refractivity contribution in [1.29, 1.82) is 0 Å². The van der Waals surface area contributed by atoms with Crippen molar-refractivity contribution in [2.45, 2.75) is 68.4 Å². The predicted molar refractivity (Wildman–Crippen MR) is 86.3 cm³/mol. The molecule has 3 rings (SSSR count). The number of carbonyl (C=O) groups excluding carboxylic acids is 1. The van der Waals surface area contributed by atoms with Crippen LogP contribution in [0.15, 0.2) is 17.2 Å². The van der Waals surface area contributed by atoms with Gasteiger partial charge in [0.1, 0.15) is 11.4 Å². The van der Waals surface area contributed by atoms with E-state index < -0.39 is 21.4 Å². The van der Waals surface area contributed by atoms with Crippen molar-refractivity contribution in [2.75, 3.05) is 5.32 Å². The fraction of sp³-hybridized carbons (Fsp3) is 0.625. The molecular weight excluding hydrogens is 316 g/mol. The lowest BCUT2D eigenvalue weighted by atomic mass is 10.2. The van der Waals surface area contributed by atoms with E-state index in [9.17, 15) is 13.2 Å². The maximum Gasteiger partial charge on any atom is 0.338 e. The second-order valence-corrected chi connectivity index (χ2v) is 9.42. The molecule has 2 aliphatic rings. The van der Waals surface area contributed by atoms with E-state index in [1.54, 1.807) is 26.8 Å². The van der Waals surface area contributed by atoms with E-state index in [0.29, 0.717) is 24.7 Å². The Balaban J connectivity index is 1.95. The highest BCUT2D eigenvalue weighted by molar-refractivity contribution is 7.92. The van der Waals surface area contributed by atoms with Gasteiger partial charge >= 0.3 is 5.97 Å². The van der Waals surface area contributed by atoms with Crippen LogP contribution in [0.2, 0.25) is 0 Å². The van der Waals surface area contributed by atoms with Gasteiger partial charge in [-0.3, -0.25) is 0 Å². The Morgan fingerprint density at radius 1 is 1.22 bits per heavy atom. The second-order valence-electron chi connectivity index (χ2n) is 7.24. The van der Waals surface area contributed by atoms with Crippen LogP contribution in [0.3, 0.4) is 0 Å². The Bertz CT molecular complexity index is 729. The Morgan fingerprint density at radius 2 is 1.87 bits per heavy atom. The van der Waals surface area contributed by atoms with Gasteiger partial charge in [-0.25, -0.2) is 18.2 Å². The molecule has 0 spiro atoms. The van der Waals surface area contributed by atoms with Crippen molar-refractivity contribution in [2.24, 2.45) is 0 Å². The Hall–Kier alpha value is -1.63. The van der Waals surface area contributed by atoms with Gasteiger partial charge in [-0.05, 0) is 58.6 Å². The molecule has 0 saturated heterocycles. The van der Waals surface area contributed by atoms with Gasteiger partial charge in [0.25, 0.3) is 0 Å². The third-order valence-electron chi connectivity index (χ3n) is 3.62. The third-order valence-corrected chi connectivity index (χ3v) is 5.76. The second kappa shape index (κ2) is 5.47. The number of sulfone groups is 1. The molecule has 2 saturated carbocycles. The minimum absolute atomic E-state index is 0.0356. The number of nitrogens with one attached hydrogen (secondary N) is 1. The lowest BCUT2D eigenvalue weighted by Crippen LogP contribution is -2.24. The molecule has 7 heteroatoms. The van der Waals surface area contributed by atoms with Crippen LogP contribution in [0, 0.1) is 0 Å². The van der Waals surface area contributed by atoms with Crippen molar-refractivity contribution in [3.8, 4) is 0 Å². The molecule has 2 fully saturated rings. The Labute approximate surface area is 136 Å². The summed E-state index contributed by atoms with van der Waals surface area (Å²) in [5.74, 6) is -0.110. The minimum Gasteiger partial charge on any atom is -0.456 e. The summed E-state index contributed by atoms with van der Waals surface area (Å²) in [5.41, 5.74) is -0.419. The fourth-order valence-corrected chi connectivity index (χ4v) is 3.78. The predicted octanol–water partition coefficient (Wildman–Crippen LogP) is 2.55. The molecule has 126 valence electrons. The van der Waals surface area contributed by atoms with Gasteiger partial charge < -0.3 is 10.1 Å². The van der Waals surface area contributed by atoms with Crippen molar-refractivity contribution in [3.63, 3.8) is 0 Å². The summed E-state index contributed by atoms with van der Waals surface area (Å²) in [6, 6.07) is 3.21. The van der Waals surface area contributed by atoms with E-state index in [2.05, 4.69) is 10.3 Å². The van der Waals surface area contributed by atoms with Crippen LogP contribution in [-0.4, -0.2) is 36.3 Å². The monoisotopic (exact) mass is 338 g/mol. The van der Waals surface area contributed by atoms with E-state index in [1.807, 2.05) is 0 Å². The van der Waals surface area contributed by atoms with Crippen LogP contribution in [-0.2, 0) is 14.6 Å². The first kappa shape index (κ1) is 16.2. The van der Waals surface area contributed by atoms with Gasteiger partial charge in [-0.2, -0.15) is 0 Å². The molecule has 23 heavy (non-hydrogen) atoms. The van der Waals surface area contributed by atoms with Crippen LogP contribution >= 0.6 is 0 Å². The number of nitrogens with zero attached hydrogens (tertiary/aromatic N) is 1.